The van der Waals surface area contributed by atoms with Gasteiger partial charge in [0.1, 0.15) is 5.38 Å². The maximum atomic E-state index is 12.5. The molecule has 0 N–H and O–H groups in total. The normalized spacial score (nSPS) is 17.1. The second-order valence-electron chi connectivity index (χ2n) is 4.75. The predicted molar refractivity (Wildman–Crippen MR) is 77.7 cm³/mol. The number of amides is 1. The van der Waals surface area contributed by atoms with Gasteiger partial charge >= 0.3 is 0 Å². The Morgan fingerprint density at radius 3 is 2.80 bits per heavy atom. The monoisotopic (exact) mass is 290 g/mol. The summed E-state index contributed by atoms with van der Waals surface area (Å²) in [5.41, 5.74) is 0.765. The Hall–Kier alpha value is -1.65. The molecular formula is C15H15ClN2O2. The first-order valence-electron chi connectivity index (χ1n) is 6.60. The van der Waals surface area contributed by atoms with E-state index in [4.69, 9.17) is 16.3 Å². The molecule has 1 atom stereocenters. The fraction of sp³-hybridized carbons (Fsp3) is 0.333. The Kier molecular flexibility index (Phi) is 3.85. The molecule has 1 unspecified atom stereocenters. The molecule has 1 aliphatic rings. The first-order valence-corrected chi connectivity index (χ1v) is 7.04. The van der Waals surface area contributed by atoms with Gasteiger partial charge in [-0.25, -0.2) is 0 Å². The van der Waals surface area contributed by atoms with Crippen molar-refractivity contribution in [2.45, 2.75) is 5.38 Å². The first-order chi connectivity index (χ1) is 9.77. The summed E-state index contributed by atoms with van der Waals surface area (Å²) in [5.74, 6) is -0.0758. The van der Waals surface area contributed by atoms with Crippen LogP contribution in [0.4, 0.5) is 0 Å². The van der Waals surface area contributed by atoms with Crippen molar-refractivity contribution in [2.75, 3.05) is 26.3 Å². The second kappa shape index (κ2) is 5.77. The number of hydrogen-bond acceptors (Lipinski definition) is 3. The van der Waals surface area contributed by atoms with Crippen molar-refractivity contribution >= 4 is 28.3 Å². The average molecular weight is 291 g/mol. The fourth-order valence-electron chi connectivity index (χ4n) is 2.42. The number of carbonyl (C=O) groups excluding carboxylic acids is 1. The summed E-state index contributed by atoms with van der Waals surface area (Å²) in [6.45, 7) is 2.34. The third-order valence-electron chi connectivity index (χ3n) is 3.51. The van der Waals surface area contributed by atoms with Crippen molar-refractivity contribution in [3.63, 3.8) is 0 Å². The minimum absolute atomic E-state index is 0.0758. The van der Waals surface area contributed by atoms with Crippen LogP contribution in [0.2, 0.25) is 0 Å². The summed E-state index contributed by atoms with van der Waals surface area (Å²) in [4.78, 5) is 18.4. The first kappa shape index (κ1) is 13.3. The van der Waals surface area contributed by atoms with E-state index in [1.165, 1.54) is 0 Å². The zero-order valence-electron chi connectivity index (χ0n) is 11.0. The number of nitrogens with zero attached hydrogens (tertiary/aromatic N) is 2. The topological polar surface area (TPSA) is 42.4 Å². The number of carbonyl (C=O) groups is 1. The van der Waals surface area contributed by atoms with Crippen LogP contribution in [0.1, 0.15) is 10.9 Å². The van der Waals surface area contributed by atoms with Crippen LogP contribution in [-0.2, 0) is 9.53 Å². The van der Waals surface area contributed by atoms with E-state index in [2.05, 4.69) is 4.98 Å². The quantitative estimate of drug-likeness (QED) is 0.798. The summed E-state index contributed by atoms with van der Waals surface area (Å²) in [7, 11) is 0. The van der Waals surface area contributed by atoms with Gasteiger partial charge in [0.25, 0.3) is 0 Å². The molecule has 1 fully saturated rings. The summed E-state index contributed by atoms with van der Waals surface area (Å²) in [5, 5.41) is 1.27. The van der Waals surface area contributed by atoms with Crippen LogP contribution >= 0.6 is 11.6 Å². The minimum Gasteiger partial charge on any atom is -0.378 e. The molecule has 2 heterocycles. The number of benzene rings is 1. The fourth-order valence-corrected chi connectivity index (χ4v) is 2.73. The van der Waals surface area contributed by atoms with Crippen LogP contribution in [0.5, 0.6) is 0 Å². The number of aromatic nitrogens is 1. The molecule has 3 rings (SSSR count). The van der Waals surface area contributed by atoms with Crippen LogP contribution in [0.25, 0.3) is 10.8 Å². The molecule has 104 valence electrons. The Morgan fingerprint density at radius 2 is 2.00 bits per heavy atom. The van der Waals surface area contributed by atoms with E-state index in [9.17, 15) is 4.79 Å². The van der Waals surface area contributed by atoms with Crippen LogP contribution in [0, 0.1) is 0 Å². The van der Waals surface area contributed by atoms with Crippen LogP contribution < -0.4 is 0 Å². The molecule has 4 nitrogen and oxygen atoms in total. The highest BCUT2D eigenvalue weighted by atomic mass is 35.5. The number of halogens is 1. The standard InChI is InChI=1S/C15H15ClN2O2/c16-14(15(19)18-5-7-20-8-6-18)13-10-17-9-11-3-1-2-4-12(11)13/h1-4,9-10,14H,5-8H2. The van der Waals surface area contributed by atoms with Crippen molar-refractivity contribution in [3.05, 3.63) is 42.2 Å². The number of morpholine rings is 1. The van der Waals surface area contributed by atoms with Crippen molar-refractivity contribution in [1.29, 1.82) is 0 Å². The molecule has 1 saturated heterocycles. The molecule has 0 aliphatic carbocycles. The Labute approximate surface area is 122 Å². The van der Waals surface area contributed by atoms with E-state index in [1.807, 2.05) is 24.3 Å². The summed E-state index contributed by atoms with van der Waals surface area (Å²) >= 11 is 6.40. The number of rotatable bonds is 2. The zero-order valence-corrected chi connectivity index (χ0v) is 11.7. The van der Waals surface area contributed by atoms with Gasteiger partial charge in [0, 0.05) is 36.4 Å². The van der Waals surface area contributed by atoms with Crippen LogP contribution in [0.3, 0.4) is 0 Å². The van der Waals surface area contributed by atoms with Gasteiger partial charge in [0.05, 0.1) is 13.2 Å². The van der Waals surface area contributed by atoms with E-state index < -0.39 is 5.38 Å². The molecule has 2 aromatic rings. The van der Waals surface area contributed by atoms with Crippen molar-refractivity contribution < 1.29 is 9.53 Å². The SMILES string of the molecule is O=C(C(Cl)c1cncc2ccccc12)N1CCOCC1. The van der Waals surface area contributed by atoms with Gasteiger partial charge in [-0.1, -0.05) is 24.3 Å². The molecule has 5 heteroatoms. The zero-order chi connectivity index (χ0) is 13.9. The second-order valence-corrected chi connectivity index (χ2v) is 5.19. The number of ether oxygens (including phenoxy) is 1. The van der Waals surface area contributed by atoms with E-state index in [0.717, 1.165) is 16.3 Å². The molecule has 1 aromatic heterocycles. The van der Waals surface area contributed by atoms with Gasteiger partial charge in [-0.15, -0.1) is 11.6 Å². The van der Waals surface area contributed by atoms with E-state index in [0.29, 0.717) is 26.3 Å². The number of fused-ring (bicyclic) bond motifs is 1. The van der Waals surface area contributed by atoms with Crippen molar-refractivity contribution in [2.24, 2.45) is 0 Å². The van der Waals surface area contributed by atoms with Crippen molar-refractivity contribution in [1.82, 2.24) is 9.88 Å². The van der Waals surface area contributed by atoms with Gasteiger partial charge in [0.15, 0.2) is 0 Å². The highest BCUT2D eigenvalue weighted by Crippen LogP contribution is 2.29. The molecular weight excluding hydrogens is 276 g/mol. The summed E-state index contributed by atoms with van der Waals surface area (Å²) in [6.07, 6.45) is 3.46. The molecule has 1 amide bonds. The predicted octanol–water partition coefficient (Wildman–Crippen LogP) is 2.37. The highest BCUT2D eigenvalue weighted by molar-refractivity contribution is 6.31. The lowest BCUT2D eigenvalue weighted by Crippen LogP contribution is -2.42. The average Bonchev–Trinajstić information content (AvgIpc) is 2.54. The van der Waals surface area contributed by atoms with E-state index in [1.54, 1.807) is 17.3 Å². The van der Waals surface area contributed by atoms with Crippen LogP contribution in [-0.4, -0.2) is 42.1 Å². The van der Waals surface area contributed by atoms with Gasteiger partial charge < -0.3 is 9.64 Å². The molecule has 0 radical (unpaired) electrons. The Morgan fingerprint density at radius 1 is 1.25 bits per heavy atom. The smallest absolute Gasteiger partial charge is 0.245 e. The lowest BCUT2D eigenvalue weighted by Gasteiger charge is -2.28. The Bertz CT molecular complexity index is 621. The van der Waals surface area contributed by atoms with Gasteiger partial charge in [-0.05, 0) is 5.39 Å². The molecule has 0 spiro atoms. The van der Waals surface area contributed by atoms with Crippen LogP contribution in [0.15, 0.2) is 36.7 Å². The van der Waals surface area contributed by atoms with E-state index in [-0.39, 0.29) is 5.91 Å². The Balaban J connectivity index is 1.91. The molecule has 1 aliphatic heterocycles. The summed E-state index contributed by atoms with van der Waals surface area (Å²) in [6, 6.07) is 7.82. The van der Waals surface area contributed by atoms with Gasteiger partial charge in [-0.3, -0.25) is 9.78 Å². The third-order valence-corrected chi connectivity index (χ3v) is 3.93. The highest BCUT2D eigenvalue weighted by Gasteiger charge is 2.26. The third kappa shape index (κ3) is 2.49. The summed E-state index contributed by atoms with van der Waals surface area (Å²) < 4.78 is 5.26. The lowest BCUT2D eigenvalue weighted by atomic mass is 10.0. The molecule has 20 heavy (non-hydrogen) atoms. The molecule has 0 bridgehead atoms. The molecule has 0 saturated carbocycles. The largest absolute Gasteiger partial charge is 0.378 e. The number of alkyl halides is 1. The maximum Gasteiger partial charge on any atom is 0.245 e. The maximum absolute atomic E-state index is 12.5. The lowest BCUT2D eigenvalue weighted by molar-refractivity contribution is -0.134. The van der Waals surface area contributed by atoms with Crippen molar-refractivity contribution in [3.8, 4) is 0 Å². The molecule has 1 aromatic carbocycles. The number of hydrogen-bond donors (Lipinski definition) is 0. The van der Waals surface area contributed by atoms with Gasteiger partial charge in [-0.2, -0.15) is 0 Å². The van der Waals surface area contributed by atoms with E-state index >= 15 is 0 Å². The minimum atomic E-state index is -0.702. The number of pyridine rings is 1. The van der Waals surface area contributed by atoms with Gasteiger partial charge in [0.2, 0.25) is 5.91 Å².